The molecule has 1 aliphatic heterocycles. The molecule has 0 bridgehead atoms. The van der Waals surface area contributed by atoms with E-state index in [2.05, 4.69) is 52.9 Å². The van der Waals surface area contributed by atoms with Gasteiger partial charge in [-0.3, -0.25) is 9.79 Å². The molecule has 0 radical (unpaired) electrons. The van der Waals surface area contributed by atoms with Gasteiger partial charge < -0.3 is 20.3 Å². The molecule has 0 saturated carbocycles. The second kappa shape index (κ2) is 14.9. The minimum absolute atomic E-state index is 0. The standard InChI is InChI=1S/C26H36N4O2.HI/c1-21(19-32-20-22-9-4-3-5-10-22)17-29-26(27-2)28-15-8-13-25(31)30-16-14-23-11-6-7-12-24(23)18-30;/h3-7,9-12,21H,8,13-20H2,1-2H3,(H2,27,28,29);1H. The Hall–Kier alpha value is -2.13. The summed E-state index contributed by atoms with van der Waals surface area (Å²) in [6, 6.07) is 18.6. The summed E-state index contributed by atoms with van der Waals surface area (Å²) in [5.41, 5.74) is 3.83. The van der Waals surface area contributed by atoms with Crippen molar-refractivity contribution in [2.45, 2.75) is 39.3 Å². The molecule has 1 atom stereocenters. The number of benzene rings is 2. The van der Waals surface area contributed by atoms with E-state index >= 15 is 0 Å². The predicted octanol–water partition coefficient (Wildman–Crippen LogP) is 3.99. The third kappa shape index (κ3) is 9.33. The van der Waals surface area contributed by atoms with Crippen molar-refractivity contribution >= 4 is 35.8 Å². The van der Waals surface area contributed by atoms with Crippen molar-refractivity contribution in [2.75, 3.05) is 33.3 Å². The van der Waals surface area contributed by atoms with Gasteiger partial charge in [-0.25, -0.2) is 0 Å². The van der Waals surface area contributed by atoms with Gasteiger partial charge in [0, 0.05) is 39.6 Å². The van der Waals surface area contributed by atoms with Crippen LogP contribution in [0.4, 0.5) is 0 Å². The van der Waals surface area contributed by atoms with E-state index in [-0.39, 0.29) is 29.9 Å². The quantitative estimate of drug-likeness (QED) is 0.198. The first-order valence-electron chi connectivity index (χ1n) is 11.6. The molecule has 2 aromatic rings. The summed E-state index contributed by atoms with van der Waals surface area (Å²) in [6.07, 6.45) is 2.29. The van der Waals surface area contributed by atoms with Crippen molar-refractivity contribution in [3.63, 3.8) is 0 Å². The van der Waals surface area contributed by atoms with Crippen LogP contribution in [0.2, 0.25) is 0 Å². The van der Waals surface area contributed by atoms with E-state index in [1.807, 2.05) is 29.2 Å². The van der Waals surface area contributed by atoms with Crippen LogP contribution in [0.15, 0.2) is 59.6 Å². The summed E-state index contributed by atoms with van der Waals surface area (Å²) in [5.74, 6) is 1.36. The second-order valence-electron chi connectivity index (χ2n) is 8.42. The van der Waals surface area contributed by atoms with E-state index in [4.69, 9.17) is 4.74 Å². The summed E-state index contributed by atoms with van der Waals surface area (Å²) in [4.78, 5) is 18.8. The molecular formula is C26H37IN4O2. The number of guanidine groups is 1. The molecule has 0 saturated heterocycles. The van der Waals surface area contributed by atoms with Crippen LogP contribution in [0, 0.1) is 5.92 Å². The van der Waals surface area contributed by atoms with Crippen molar-refractivity contribution < 1.29 is 9.53 Å². The second-order valence-corrected chi connectivity index (χ2v) is 8.42. The van der Waals surface area contributed by atoms with Gasteiger partial charge in [-0.1, -0.05) is 61.5 Å². The fourth-order valence-electron chi connectivity index (χ4n) is 3.82. The Morgan fingerprint density at radius 3 is 2.58 bits per heavy atom. The molecule has 0 aliphatic carbocycles. The highest BCUT2D eigenvalue weighted by atomic mass is 127. The Bertz CT molecular complexity index is 876. The number of hydrogen-bond donors (Lipinski definition) is 2. The van der Waals surface area contributed by atoms with E-state index in [1.54, 1.807) is 7.05 Å². The Morgan fingerprint density at radius 2 is 1.82 bits per heavy atom. The van der Waals surface area contributed by atoms with Crippen LogP contribution in [-0.2, 0) is 29.1 Å². The number of amides is 1. The lowest BCUT2D eigenvalue weighted by Crippen LogP contribution is -2.41. The van der Waals surface area contributed by atoms with Crippen molar-refractivity contribution in [3.8, 4) is 0 Å². The number of nitrogens with zero attached hydrogens (tertiary/aromatic N) is 2. The van der Waals surface area contributed by atoms with Gasteiger partial charge in [0.25, 0.3) is 0 Å². The number of aliphatic imine (C=N–C) groups is 1. The number of hydrogen-bond acceptors (Lipinski definition) is 3. The normalized spacial score (nSPS) is 14.1. The van der Waals surface area contributed by atoms with Crippen molar-refractivity contribution in [3.05, 3.63) is 71.3 Å². The largest absolute Gasteiger partial charge is 0.376 e. The number of fused-ring (bicyclic) bond motifs is 1. The van der Waals surface area contributed by atoms with Gasteiger partial charge >= 0.3 is 0 Å². The molecular weight excluding hydrogens is 527 g/mol. The maximum absolute atomic E-state index is 12.6. The molecule has 1 aliphatic rings. The van der Waals surface area contributed by atoms with Crippen LogP contribution in [0.5, 0.6) is 0 Å². The Labute approximate surface area is 215 Å². The van der Waals surface area contributed by atoms with E-state index in [0.29, 0.717) is 32.1 Å². The maximum Gasteiger partial charge on any atom is 0.222 e. The zero-order valence-electron chi connectivity index (χ0n) is 19.8. The van der Waals surface area contributed by atoms with Gasteiger partial charge in [0.15, 0.2) is 5.96 Å². The van der Waals surface area contributed by atoms with E-state index in [1.165, 1.54) is 16.7 Å². The van der Waals surface area contributed by atoms with Gasteiger partial charge in [0.2, 0.25) is 5.91 Å². The van der Waals surface area contributed by atoms with Gasteiger partial charge in [-0.15, -0.1) is 24.0 Å². The SMILES string of the molecule is CN=C(NCCCC(=O)N1CCc2ccccc2C1)NCC(C)COCc1ccccc1.I. The number of nitrogens with one attached hydrogen (secondary N) is 2. The minimum atomic E-state index is 0. The number of carbonyl (C=O) groups excluding carboxylic acids is 1. The van der Waals surface area contributed by atoms with Crippen LogP contribution < -0.4 is 10.6 Å². The highest BCUT2D eigenvalue weighted by Gasteiger charge is 2.19. The summed E-state index contributed by atoms with van der Waals surface area (Å²) >= 11 is 0. The number of ether oxygens (including phenoxy) is 1. The summed E-state index contributed by atoms with van der Waals surface area (Å²) in [5, 5.41) is 6.65. The highest BCUT2D eigenvalue weighted by Crippen LogP contribution is 2.19. The van der Waals surface area contributed by atoms with E-state index in [9.17, 15) is 4.79 Å². The number of carbonyl (C=O) groups is 1. The summed E-state index contributed by atoms with van der Waals surface area (Å²) in [7, 11) is 1.77. The van der Waals surface area contributed by atoms with Gasteiger partial charge in [0.1, 0.15) is 0 Å². The van der Waals surface area contributed by atoms with Crippen molar-refractivity contribution in [2.24, 2.45) is 10.9 Å². The number of rotatable bonds is 10. The first kappa shape index (κ1) is 27.1. The molecule has 6 nitrogen and oxygen atoms in total. The monoisotopic (exact) mass is 564 g/mol. The fourth-order valence-corrected chi connectivity index (χ4v) is 3.82. The first-order valence-corrected chi connectivity index (χ1v) is 11.6. The molecule has 1 unspecified atom stereocenters. The van der Waals surface area contributed by atoms with Crippen LogP contribution in [0.3, 0.4) is 0 Å². The van der Waals surface area contributed by atoms with E-state index in [0.717, 1.165) is 38.4 Å². The molecule has 0 fully saturated rings. The maximum atomic E-state index is 12.6. The minimum Gasteiger partial charge on any atom is -0.376 e. The predicted molar refractivity (Wildman–Crippen MR) is 145 cm³/mol. The Kier molecular flexibility index (Phi) is 12.2. The Morgan fingerprint density at radius 1 is 1.09 bits per heavy atom. The van der Waals surface area contributed by atoms with Gasteiger partial charge in [-0.2, -0.15) is 0 Å². The number of halogens is 1. The third-order valence-corrected chi connectivity index (χ3v) is 5.70. The topological polar surface area (TPSA) is 66.0 Å². The fraction of sp³-hybridized carbons (Fsp3) is 0.462. The molecule has 2 aromatic carbocycles. The molecule has 1 amide bonds. The van der Waals surface area contributed by atoms with Crippen LogP contribution >= 0.6 is 24.0 Å². The average Bonchev–Trinajstić information content (AvgIpc) is 2.83. The molecule has 7 heteroatoms. The summed E-state index contributed by atoms with van der Waals surface area (Å²) in [6.45, 7) is 6.52. The van der Waals surface area contributed by atoms with Gasteiger partial charge in [0.05, 0.1) is 13.2 Å². The molecule has 1 heterocycles. The molecule has 2 N–H and O–H groups in total. The molecule has 33 heavy (non-hydrogen) atoms. The average molecular weight is 565 g/mol. The Balaban J connectivity index is 0.00000385. The lowest BCUT2D eigenvalue weighted by atomic mass is 9.99. The first-order chi connectivity index (χ1) is 15.7. The highest BCUT2D eigenvalue weighted by molar-refractivity contribution is 14.0. The zero-order chi connectivity index (χ0) is 22.6. The third-order valence-electron chi connectivity index (χ3n) is 5.70. The van der Waals surface area contributed by atoms with Crippen LogP contribution in [0.25, 0.3) is 0 Å². The molecule has 0 aromatic heterocycles. The lowest BCUT2D eigenvalue weighted by Gasteiger charge is -2.29. The molecule has 3 rings (SSSR count). The van der Waals surface area contributed by atoms with E-state index < -0.39 is 0 Å². The molecule has 180 valence electrons. The van der Waals surface area contributed by atoms with Crippen molar-refractivity contribution in [1.82, 2.24) is 15.5 Å². The smallest absolute Gasteiger partial charge is 0.222 e. The molecule has 0 spiro atoms. The lowest BCUT2D eigenvalue weighted by molar-refractivity contribution is -0.132. The van der Waals surface area contributed by atoms with Crippen LogP contribution in [0.1, 0.15) is 36.5 Å². The summed E-state index contributed by atoms with van der Waals surface area (Å²) < 4.78 is 5.81. The van der Waals surface area contributed by atoms with Crippen molar-refractivity contribution in [1.29, 1.82) is 0 Å². The zero-order valence-corrected chi connectivity index (χ0v) is 22.1. The van der Waals surface area contributed by atoms with Crippen LogP contribution in [-0.4, -0.2) is 50.1 Å². The van der Waals surface area contributed by atoms with Gasteiger partial charge in [-0.05, 0) is 35.4 Å².